The largest absolute Gasteiger partial charge is 0.385 e. The van der Waals surface area contributed by atoms with Crippen molar-refractivity contribution in [2.45, 2.75) is 19.3 Å². The highest BCUT2D eigenvalue weighted by atomic mass is 79.9. The third-order valence-electron chi connectivity index (χ3n) is 3.46. The summed E-state index contributed by atoms with van der Waals surface area (Å²) >= 11 is 3.70. The molecule has 0 amide bonds. The molecule has 1 nitrogen and oxygen atoms in total. The second-order valence-corrected chi connectivity index (χ2v) is 5.45. The molecule has 1 heterocycles. The van der Waals surface area contributed by atoms with Gasteiger partial charge in [0.25, 0.3) is 0 Å². The molecular weight excluding hydrogens is 262 g/mol. The van der Waals surface area contributed by atoms with Gasteiger partial charge in [0.15, 0.2) is 0 Å². The second-order valence-electron chi connectivity index (χ2n) is 4.60. The van der Waals surface area contributed by atoms with Crippen molar-refractivity contribution in [3.05, 3.63) is 51.1 Å². The van der Waals surface area contributed by atoms with Crippen molar-refractivity contribution in [1.82, 2.24) is 5.32 Å². The van der Waals surface area contributed by atoms with Gasteiger partial charge < -0.3 is 5.32 Å². The van der Waals surface area contributed by atoms with Crippen molar-refractivity contribution in [3.63, 3.8) is 0 Å². The van der Waals surface area contributed by atoms with Gasteiger partial charge in [-0.25, -0.2) is 0 Å². The lowest BCUT2D eigenvalue weighted by Crippen LogP contribution is -2.25. The number of allylic oxidation sites excluding steroid dienone is 1. The Morgan fingerprint density at radius 1 is 1.44 bits per heavy atom. The predicted molar refractivity (Wildman–Crippen MR) is 71.4 cm³/mol. The maximum atomic E-state index is 4.10. The highest BCUT2D eigenvalue weighted by molar-refractivity contribution is 9.10. The predicted octanol–water partition coefficient (Wildman–Crippen LogP) is 3.75. The molecule has 1 atom stereocenters. The molecule has 0 radical (unpaired) electrons. The van der Waals surface area contributed by atoms with Crippen molar-refractivity contribution in [1.29, 1.82) is 0 Å². The summed E-state index contributed by atoms with van der Waals surface area (Å²) in [6.45, 7) is 7.26. The molecule has 16 heavy (non-hydrogen) atoms. The molecule has 1 unspecified atom stereocenters. The SMILES string of the molecule is C=C1NCCC2C1=Cc1cc(C)cc(Br)c12. The van der Waals surface area contributed by atoms with E-state index in [-0.39, 0.29) is 0 Å². The van der Waals surface area contributed by atoms with Crippen molar-refractivity contribution >= 4 is 22.0 Å². The zero-order valence-corrected chi connectivity index (χ0v) is 10.9. The number of piperidine rings is 1. The third-order valence-corrected chi connectivity index (χ3v) is 4.12. The van der Waals surface area contributed by atoms with Crippen molar-refractivity contribution in [2.24, 2.45) is 0 Å². The lowest BCUT2D eigenvalue weighted by atomic mass is 9.88. The number of aryl methyl sites for hydroxylation is 1. The molecule has 0 saturated carbocycles. The molecule has 1 aromatic carbocycles. The molecule has 0 aromatic heterocycles. The van der Waals surface area contributed by atoms with Gasteiger partial charge in [-0.15, -0.1) is 0 Å². The van der Waals surface area contributed by atoms with E-state index in [1.54, 1.807) is 0 Å². The molecule has 2 aliphatic rings. The molecule has 1 N–H and O–H groups in total. The molecule has 3 rings (SSSR count). The molecule has 1 aromatic rings. The van der Waals surface area contributed by atoms with Crippen LogP contribution in [0.1, 0.15) is 29.0 Å². The molecule has 82 valence electrons. The fraction of sp³-hybridized carbons (Fsp3) is 0.286. The number of benzene rings is 1. The zero-order chi connectivity index (χ0) is 11.3. The Kier molecular flexibility index (Phi) is 2.21. The monoisotopic (exact) mass is 275 g/mol. The van der Waals surface area contributed by atoms with Gasteiger partial charge in [-0.05, 0) is 47.8 Å². The van der Waals surface area contributed by atoms with Crippen molar-refractivity contribution < 1.29 is 0 Å². The van der Waals surface area contributed by atoms with Crippen LogP contribution in [0.25, 0.3) is 6.08 Å². The van der Waals surface area contributed by atoms with Gasteiger partial charge in [0.2, 0.25) is 0 Å². The maximum Gasteiger partial charge on any atom is 0.0306 e. The van der Waals surface area contributed by atoms with Gasteiger partial charge in [0.1, 0.15) is 0 Å². The van der Waals surface area contributed by atoms with Crippen molar-refractivity contribution in [3.8, 4) is 0 Å². The number of fused-ring (bicyclic) bond motifs is 3. The fourth-order valence-corrected chi connectivity index (χ4v) is 3.62. The van der Waals surface area contributed by atoms with Crippen LogP contribution in [0.5, 0.6) is 0 Å². The number of hydrogen-bond donors (Lipinski definition) is 1. The lowest BCUT2D eigenvalue weighted by molar-refractivity contribution is 0.612. The van der Waals surface area contributed by atoms with Gasteiger partial charge in [-0.3, -0.25) is 0 Å². The van der Waals surface area contributed by atoms with Gasteiger partial charge in [-0.1, -0.05) is 28.6 Å². The molecule has 0 spiro atoms. The Morgan fingerprint density at radius 3 is 3.06 bits per heavy atom. The summed E-state index contributed by atoms with van der Waals surface area (Å²) < 4.78 is 1.24. The standard InChI is InChI=1S/C14H14BrN/c1-8-5-10-7-12-9(2)16-4-3-11(12)14(10)13(15)6-8/h5-7,11,16H,2-4H2,1H3. The van der Waals surface area contributed by atoms with Crippen LogP contribution in [0.3, 0.4) is 0 Å². The minimum atomic E-state index is 0.540. The average Bonchev–Trinajstić information content (AvgIpc) is 2.57. The fourth-order valence-electron chi connectivity index (χ4n) is 2.76. The highest BCUT2D eigenvalue weighted by Crippen LogP contribution is 2.46. The van der Waals surface area contributed by atoms with Crippen LogP contribution >= 0.6 is 15.9 Å². The summed E-state index contributed by atoms with van der Waals surface area (Å²) in [5.41, 5.74) is 6.57. The van der Waals surface area contributed by atoms with Crippen LogP contribution in [-0.2, 0) is 0 Å². The molecule has 2 heteroatoms. The van der Waals surface area contributed by atoms with E-state index in [0.29, 0.717) is 5.92 Å². The van der Waals surface area contributed by atoms with E-state index in [9.17, 15) is 0 Å². The van der Waals surface area contributed by atoms with E-state index in [0.717, 1.165) is 12.2 Å². The first-order valence-corrected chi connectivity index (χ1v) is 6.41. The molecule has 1 saturated heterocycles. The van der Waals surface area contributed by atoms with E-state index >= 15 is 0 Å². The Bertz CT molecular complexity index is 514. The van der Waals surface area contributed by atoms with Crippen LogP contribution in [0, 0.1) is 6.92 Å². The van der Waals surface area contributed by atoms with E-state index in [1.165, 1.54) is 33.2 Å². The second kappa shape index (κ2) is 3.49. The third kappa shape index (κ3) is 1.36. The smallest absolute Gasteiger partial charge is 0.0306 e. The number of rotatable bonds is 0. The molecule has 1 aliphatic heterocycles. The minimum Gasteiger partial charge on any atom is -0.385 e. The first-order valence-electron chi connectivity index (χ1n) is 5.61. The molecule has 1 fully saturated rings. The van der Waals surface area contributed by atoms with Crippen LogP contribution in [0.4, 0.5) is 0 Å². The number of nitrogens with one attached hydrogen (secondary N) is 1. The maximum absolute atomic E-state index is 4.10. The van der Waals surface area contributed by atoms with Gasteiger partial charge >= 0.3 is 0 Å². The molecule has 0 bridgehead atoms. The Balaban J connectivity index is 2.18. The quantitative estimate of drug-likeness (QED) is 0.761. The molecule has 1 aliphatic carbocycles. The molecular formula is C14H14BrN. The Morgan fingerprint density at radius 2 is 2.25 bits per heavy atom. The first-order chi connectivity index (χ1) is 7.66. The summed E-state index contributed by atoms with van der Waals surface area (Å²) in [4.78, 5) is 0. The van der Waals surface area contributed by atoms with Gasteiger partial charge in [0.05, 0.1) is 0 Å². The zero-order valence-electron chi connectivity index (χ0n) is 9.31. The van der Waals surface area contributed by atoms with Gasteiger partial charge in [0, 0.05) is 22.6 Å². The minimum absolute atomic E-state index is 0.540. The van der Waals surface area contributed by atoms with Crippen molar-refractivity contribution in [2.75, 3.05) is 6.54 Å². The van der Waals surface area contributed by atoms with E-state index in [1.807, 2.05) is 0 Å². The van der Waals surface area contributed by atoms with E-state index in [4.69, 9.17) is 0 Å². The Labute approximate surface area is 104 Å². The van der Waals surface area contributed by atoms with E-state index in [2.05, 4.69) is 53.0 Å². The van der Waals surface area contributed by atoms with Gasteiger partial charge in [-0.2, -0.15) is 0 Å². The van der Waals surface area contributed by atoms with Crippen LogP contribution in [0.15, 0.2) is 34.5 Å². The summed E-state index contributed by atoms with van der Waals surface area (Å²) in [5.74, 6) is 0.540. The normalized spacial score (nSPS) is 22.2. The van der Waals surface area contributed by atoms with Crippen LogP contribution < -0.4 is 5.32 Å². The lowest BCUT2D eigenvalue weighted by Gasteiger charge is -2.26. The number of halogens is 1. The van der Waals surface area contributed by atoms with Crippen LogP contribution in [0.2, 0.25) is 0 Å². The van der Waals surface area contributed by atoms with Crippen LogP contribution in [-0.4, -0.2) is 6.54 Å². The topological polar surface area (TPSA) is 12.0 Å². The summed E-state index contributed by atoms with van der Waals surface area (Å²) in [6, 6.07) is 4.47. The Hall–Kier alpha value is -1.02. The average molecular weight is 276 g/mol. The summed E-state index contributed by atoms with van der Waals surface area (Å²) in [7, 11) is 0. The highest BCUT2D eigenvalue weighted by Gasteiger charge is 2.31. The van der Waals surface area contributed by atoms with E-state index < -0.39 is 0 Å². The number of hydrogen-bond acceptors (Lipinski definition) is 1. The first kappa shape index (κ1) is 10.2. The summed E-state index contributed by atoms with van der Waals surface area (Å²) in [5, 5.41) is 3.34. The summed E-state index contributed by atoms with van der Waals surface area (Å²) in [6.07, 6.45) is 3.45.